The highest BCUT2D eigenvalue weighted by atomic mass is 15.2. The SMILES string of the molecule is CC1CCCC(N2CCNCc3ccccc32)CC1. The predicted octanol–water partition coefficient (Wildman–Crippen LogP) is 3.57. The molecule has 1 aromatic carbocycles. The van der Waals surface area contributed by atoms with Crippen LogP contribution in [0, 0.1) is 5.92 Å². The van der Waals surface area contributed by atoms with Crippen LogP contribution in [0.15, 0.2) is 24.3 Å². The van der Waals surface area contributed by atoms with E-state index in [9.17, 15) is 0 Å². The molecular formula is C17H26N2. The summed E-state index contributed by atoms with van der Waals surface area (Å²) in [5.41, 5.74) is 2.95. The standard InChI is InChI=1S/C17H26N2/c1-14-5-4-7-16(10-9-14)19-12-11-18-13-15-6-2-3-8-17(15)19/h2-3,6,8,14,16,18H,4-5,7,9-13H2,1H3. The van der Waals surface area contributed by atoms with Crippen LogP contribution in [-0.2, 0) is 6.54 Å². The highest BCUT2D eigenvalue weighted by Crippen LogP contribution is 2.31. The minimum absolute atomic E-state index is 0.756. The van der Waals surface area contributed by atoms with Gasteiger partial charge in [0.2, 0.25) is 0 Å². The van der Waals surface area contributed by atoms with E-state index in [2.05, 4.69) is 41.4 Å². The van der Waals surface area contributed by atoms with Gasteiger partial charge in [0.05, 0.1) is 0 Å². The lowest BCUT2D eigenvalue weighted by Crippen LogP contribution is -2.38. The van der Waals surface area contributed by atoms with Crippen molar-refractivity contribution in [2.45, 2.75) is 51.6 Å². The first-order valence-electron chi connectivity index (χ1n) is 7.90. The van der Waals surface area contributed by atoms with Crippen molar-refractivity contribution in [1.29, 1.82) is 0 Å². The second kappa shape index (κ2) is 5.96. The van der Waals surface area contributed by atoms with E-state index in [4.69, 9.17) is 0 Å². The molecule has 0 aromatic heterocycles. The van der Waals surface area contributed by atoms with Gasteiger partial charge in [0.25, 0.3) is 0 Å². The molecule has 3 rings (SSSR count). The Morgan fingerprint density at radius 3 is 2.95 bits per heavy atom. The monoisotopic (exact) mass is 258 g/mol. The lowest BCUT2D eigenvalue weighted by molar-refractivity contribution is 0.488. The van der Waals surface area contributed by atoms with Gasteiger partial charge in [-0.15, -0.1) is 0 Å². The summed E-state index contributed by atoms with van der Waals surface area (Å²) in [7, 11) is 0. The van der Waals surface area contributed by atoms with Gasteiger partial charge < -0.3 is 10.2 Å². The predicted molar refractivity (Wildman–Crippen MR) is 81.5 cm³/mol. The van der Waals surface area contributed by atoms with Crippen molar-refractivity contribution in [1.82, 2.24) is 5.32 Å². The van der Waals surface area contributed by atoms with Crippen molar-refractivity contribution in [3.63, 3.8) is 0 Å². The van der Waals surface area contributed by atoms with Gasteiger partial charge in [0.1, 0.15) is 0 Å². The Morgan fingerprint density at radius 2 is 2.00 bits per heavy atom. The molecule has 2 aliphatic rings. The molecule has 1 N–H and O–H groups in total. The first-order chi connectivity index (χ1) is 9.34. The molecule has 1 aliphatic heterocycles. The Hall–Kier alpha value is -1.02. The summed E-state index contributed by atoms with van der Waals surface area (Å²) in [6.45, 7) is 5.72. The van der Waals surface area contributed by atoms with Crippen molar-refractivity contribution in [2.24, 2.45) is 5.92 Å². The van der Waals surface area contributed by atoms with Crippen LogP contribution in [0.3, 0.4) is 0 Å². The third kappa shape index (κ3) is 2.94. The van der Waals surface area contributed by atoms with Gasteiger partial charge in [-0.05, 0) is 36.8 Å². The molecule has 0 spiro atoms. The van der Waals surface area contributed by atoms with E-state index in [1.807, 2.05) is 0 Å². The maximum Gasteiger partial charge on any atom is 0.0414 e. The first kappa shape index (κ1) is 13.0. The number of rotatable bonds is 1. The Balaban J connectivity index is 1.83. The molecule has 1 saturated carbocycles. The van der Waals surface area contributed by atoms with E-state index in [1.165, 1.54) is 43.4 Å². The molecule has 0 bridgehead atoms. The lowest BCUT2D eigenvalue weighted by Gasteiger charge is -2.33. The van der Waals surface area contributed by atoms with E-state index in [1.54, 1.807) is 0 Å². The third-order valence-corrected chi connectivity index (χ3v) is 4.81. The summed E-state index contributed by atoms with van der Waals surface area (Å²) in [4.78, 5) is 2.69. The second-order valence-corrected chi connectivity index (χ2v) is 6.27. The summed E-state index contributed by atoms with van der Waals surface area (Å²) in [6, 6.07) is 9.71. The van der Waals surface area contributed by atoms with E-state index in [0.717, 1.165) is 31.6 Å². The molecule has 0 amide bonds. The molecule has 2 atom stereocenters. The number of nitrogens with zero attached hydrogens (tertiary/aromatic N) is 1. The molecule has 2 nitrogen and oxygen atoms in total. The quantitative estimate of drug-likeness (QED) is 0.775. The van der Waals surface area contributed by atoms with Gasteiger partial charge in [-0.25, -0.2) is 0 Å². The summed E-state index contributed by atoms with van der Waals surface area (Å²) < 4.78 is 0. The van der Waals surface area contributed by atoms with Crippen LogP contribution in [0.2, 0.25) is 0 Å². The molecule has 2 heteroatoms. The summed E-state index contributed by atoms with van der Waals surface area (Å²) in [6.07, 6.45) is 6.97. The maximum absolute atomic E-state index is 3.56. The first-order valence-corrected chi connectivity index (χ1v) is 7.90. The fourth-order valence-corrected chi connectivity index (χ4v) is 3.64. The van der Waals surface area contributed by atoms with Gasteiger partial charge >= 0.3 is 0 Å². The molecule has 1 heterocycles. The van der Waals surface area contributed by atoms with Crippen molar-refractivity contribution >= 4 is 5.69 Å². The molecule has 1 aliphatic carbocycles. The van der Waals surface area contributed by atoms with Crippen molar-refractivity contribution in [2.75, 3.05) is 18.0 Å². The van der Waals surface area contributed by atoms with Gasteiger partial charge in [0, 0.05) is 31.4 Å². The second-order valence-electron chi connectivity index (χ2n) is 6.27. The molecule has 2 unspecified atom stereocenters. The van der Waals surface area contributed by atoms with Gasteiger partial charge in [-0.3, -0.25) is 0 Å². The lowest BCUT2D eigenvalue weighted by atomic mass is 10.0. The van der Waals surface area contributed by atoms with E-state index in [0.29, 0.717) is 0 Å². The summed E-state index contributed by atoms with van der Waals surface area (Å²) in [5.74, 6) is 0.922. The molecule has 1 fully saturated rings. The molecule has 19 heavy (non-hydrogen) atoms. The van der Waals surface area contributed by atoms with E-state index >= 15 is 0 Å². The molecule has 1 aromatic rings. The number of hydrogen-bond acceptors (Lipinski definition) is 2. The third-order valence-electron chi connectivity index (χ3n) is 4.81. The van der Waals surface area contributed by atoms with Crippen LogP contribution in [0.25, 0.3) is 0 Å². The Kier molecular flexibility index (Phi) is 4.07. The Bertz CT molecular complexity index is 415. The largest absolute Gasteiger partial charge is 0.367 e. The number of fused-ring (bicyclic) bond motifs is 1. The van der Waals surface area contributed by atoms with Crippen LogP contribution in [0.4, 0.5) is 5.69 Å². The Labute approximate surface area is 117 Å². The average molecular weight is 258 g/mol. The normalized spacial score (nSPS) is 28.4. The number of nitrogens with one attached hydrogen (secondary N) is 1. The number of benzene rings is 1. The Morgan fingerprint density at radius 1 is 1.11 bits per heavy atom. The minimum Gasteiger partial charge on any atom is -0.367 e. The number of para-hydroxylation sites is 1. The zero-order chi connectivity index (χ0) is 13.1. The van der Waals surface area contributed by atoms with E-state index in [-0.39, 0.29) is 0 Å². The topological polar surface area (TPSA) is 15.3 Å². The molecule has 104 valence electrons. The van der Waals surface area contributed by atoms with E-state index < -0.39 is 0 Å². The number of anilines is 1. The molecular weight excluding hydrogens is 232 g/mol. The van der Waals surface area contributed by atoms with Gasteiger partial charge in [-0.2, -0.15) is 0 Å². The van der Waals surface area contributed by atoms with Crippen molar-refractivity contribution < 1.29 is 0 Å². The van der Waals surface area contributed by atoms with Crippen LogP contribution < -0.4 is 10.2 Å². The highest BCUT2D eigenvalue weighted by molar-refractivity contribution is 5.55. The fraction of sp³-hybridized carbons (Fsp3) is 0.647. The van der Waals surface area contributed by atoms with Crippen molar-refractivity contribution in [3.8, 4) is 0 Å². The average Bonchev–Trinajstić information content (AvgIpc) is 2.76. The molecule has 0 radical (unpaired) electrons. The smallest absolute Gasteiger partial charge is 0.0414 e. The maximum atomic E-state index is 3.56. The highest BCUT2D eigenvalue weighted by Gasteiger charge is 2.24. The van der Waals surface area contributed by atoms with Crippen LogP contribution in [0.1, 0.15) is 44.6 Å². The summed E-state index contributed by atoms with van der Waals surface area (Å²) >= 11 is 0. The van der Waals surface area contributed by atoms with Gasteiger partial charge in [-0.1, -0.05) is 38.0 Å². The summed E-state index contributed by atoms with van der Waals surface area (Å²) in [5, 5.41) is 3.56. The van der Waals surface area contributed by atoms with Crippen molar-refractivity contribution in [3.05, 3.63) is 29.8 Å². The zero-order valence-corrected chi connectivity index (χ0v) is 12.1. The fourth-order valence-electron chi connectivity index (χ4n) is 3.64. The number of hydrogen-bond donors (Lipinski definition) is 1. The van der Waals surface area contributed by atoms with Gasteiger partial charge in [0.15, 0.2) is 0 Å². The van der Waals surface area contributed by atoms with Crippen LogP contribution >= 0.6 is 0 Å². The van der Waals surface area contributed by atoms with Crippen LogP contribution in [-0.4, -0.2) is 19.1 Å². The molecule has 0 saturated heterocycles. The van der Waals surface area contributed by atoms with Crippen LogP contribution in [0.5, 0.6) is 0 Å². The zero-order valence-electron chi connectivity index (χ0n) is 12.1. The minimum atomic E-state index is 0.756.